The van der Waals surface area contributed by atoms with E-state index in [1.807, 2.05) is 59.2 Å². The van der Waals surface area contributed by atoms with Crippen molar-refractivity contribution in [2.75, 3.05) is 0 Å². The summed E-state index contributed by atoms with van der Waals surface area (Å²) in [4.78, 5) is 0. The van der Waals surface area contributed by atoms with Gasteiger partial charge in [0.15, 0.2) is 11.0 Å². The maximum atomic E-state index is 9.22. The molecule has 3 rings (SSSR count). The molecule has 1 heterocycles. The Morgan fingerprint density at radius 3 is 2.64 bits per heavy atom. The first-order valence-electron chi connectivity index (χ1n) is 7.63. The lowest BCUT2D eigenvalue weighted by molar-refractivity contribution is 0.731. The summed E-state index contributed by atoms with van der Waals surface area (Å²) in [7, 11) is 0. The second-order valence-electron chi connectivity index (χ2n) is 5.27. The number of rotatable bonds is 6. The van der Waals surface area contributed by atoms with Crippen molar-refractivity contribution in [2.24, 2.45) is 0 Å². The molecule has 1 aromatic heterocycles. The summed E-state index contributed by atoms with van der Waals surface area (Å²) >= 11 is 5.02. The molecule has 0 spiro atoms. The van der Waals surface area contributed by atoms with Gasteiger partial charge in [-0.3, -0.25) is 4.57 Å². The number of hydrogen-bond acceptors (Lipinski definition) is 4. The van der Waals surface area contributed by atoms with Gasteiger partial charge in [0.05, 0.1) is 11.6 Å². The molecule has 124 valence electrons. The smallest absolute Gasteiger partial charge is 0.192 e. The van der Waals surface area contributed by atoms with E-state index in [0.29, 0.717) is 17.9 Å². The summed E-state index contributed by atoms with van der Waals surface area (Å²) in [6, 6.07) is 17.8. The molecule has 0 amide bonds. The molecular weight excluding hydrogens is 396 g/mol. The van der Waals surface area contributed by atoms with Crippen LogP contribution in [0.25, 0.3) is 11.4 Å². The van der Waals surface area contributed by atoms with Crippen molar-refractivity contribution in [1.29, 1.82) is 5.26 Å². The van der Waals surface area contributed by atoms with Gasteiger partial charge in [0.25, 0.3) is 0 Å². The predicted molar refractivity (Wildman–Crippen MR) is 104 cm³/mol. The molecule has 3 aromatic rings. The maximum Gasteiger partial charge on any atom is 0.192 e. The number of allylic oxidation sites excluding steroid dienone is 1. The Morgan fingerprint density at radius 2 is 1.92 bits per heavy atom. The van der Waals surface area contributed by atoms with E-state index in [1.54, 1.807) is 11.8 Å². The lowest BCUT2D eigenvalue weighted by Gasteiger charge is -2.08. The number of nitriles is 1. The third-order valence-electron chi connectivity index (χ3n) is 3.63. The zero-order valence-corrected chi connectivity index (χ0v) is 15.8. The Morgan fingerprint density at radius 1 is 1.16 bits per heavy atom. The van der Waals surface area contributed by atoms with Crippen LogP contribution < -0.4 is 0 Å². The van der Waals surface area contributed by atoms with Crippen LogP contribution >= 0.6 is 27.7 Å². The highest BCUT2D eigenvalue weighted by atomic mass is 79.9. The number of hydrogen-bond donors (Lipinski definition) is 0. The van der Waals surface area contributed by atoms with Gasteiger partial charge in [-0.05, 0) is 23.8 Å². The van der Waals surface area contributed by atoms with Crippen LogP contribution in [0.1, 0.15) is 11.1 Å². The van der Waals surface area contributed by atoms with E-state index >= 15 is 0 Å². The van der Waals surface area contributed by atoms with E-state index in [0.717, 1.165) is 26.6 Å². The van der Waals surface area contributed by atoms with Crippen LogP contribution in [0, 0.1) is 11.3 Å². The van der Waals surface area contributed by atoms with Gasteiger partial charge in [-0.1, -0.05) is 64.1 Å². The van der Waals surface area contributed by atoms with E-state index in [2.05, 4.69) is 38.8 Å². The van der Waals surface area contributed by atoms with Crippen molar-refractivity contribution in [2.45, 2.75) is 17.5 Å². The van der Waals surface area contributed by atoms with E-state index < -0.39 is 0 Å². The van der Waals surface area contributed by atoms with Crippen molar-refractivity contribution >= 4 is 27.7 Å². The monoisotopic (exact) mass is 410 g/mol. The minimum Gasteiger partial charge on any atom is -0.298 e. The fraction of sp³-hybridized carbons (Fsp3) is 0.105. The molecule has 6 heteroatoms. The minimum atomic E-state index is 0.626. The van der Waals surface area contributed by atoms with E-state index in [4.69, 9.17) is 0 Å². The fourth-order valence-electron chi connectivity index (χ4n) is 2.40. The first-order chi connectivity index (χ1) is 12.2. The van der Waals surface area contributed by atoms with Gasteiger partial charge < -0.3 is 0 Å². The molecule has 0 aliphatic heterocycles. The summed E-state index contributed by atoms with van der Waals surface area (Å²) in [5, 5.41) is 18.7. The molecule has 0 aliphatic carbocycles. The first-order valence-corrected chi connectivity index (χ1v) is 9.41. The molecule has 0 saturated heterocycles. The van der Waals surface area contributed by atoms with Crippen LogP contribution in [-0.2, 0) is 12.3 Å². The summed E-state index contributed by atoms with van der Waals surface area (Å²) < 4.78 is 3.06. The van der Waals surface area contributed by atoms with Gasteiger partial charge in [0, 0.05) is 22.3 Å². The van der Waals surface area contributed by atoms with Gasteiger partial charge in [-0.15, -0.1) is 16.8 Å². The molecule has 0 atom stereocenters. The van der Waals surface area contributed by atoms with Crippen LogP contribution in [-0.4, -0.2) is 14.8 Å². The van der Waals surface area contributed by atoms with Gasteiger partial charge in [-0.2, -0.15) is 5.26 Å². The van der Waals surface area contributed by atoms with Crippen LogP contribution in [0.5, 0.6) is 0 Å². The molecule has 0 unspecified atom stereocenters. The van der Waals surface area contributed by atoms with Gasteiger partial charge in [0.2, 0.25) is 0 Å². The molecule has 0 N–H and O–H groups in total. The average Bonchev–Trinajstić information content (AvgIpc) is 3.04. The van der Waals surface area contributed by atoms with Crippen LogP contribution in [0.4, 0.5) is 0 Å². The molecule has 0 bridgehead atoms. The summed E-state index contributed by atoms with van der Waals surface area (Å²) in [5.41, 5.74) is 2.69. The van der Waals surface area contributed by atoms with Crippen molar-refractivity contribution in [3.05, 3.63) is 76.8 Å². The van der Waals surface area contributed by atoms with E-state index in [9.17, 15) is 5.26 Å². The van der Waals surface area contributed by atoms with Crippen molar-refractivity contribution < 1.29 is 0 Å². The maximum absolute atomic E-state index is 9.22. The lowest BCUT2D eigenvalue weighted by atomic mass is 10.1. The van der Waals surface area contributed by atoms with Crippen molar-refractivity contribution in [3.63, 3.8) is 0 Å². The predicted octanol–water partition coefficient (Wildman–Crippen LogP) is 5.06. The number of thioether (sulfide) groups is 1. The summed E-state index contributed by atoms with van der Waals surface area (Å²) in [5.74, 6) is 1.47. The summed E-state index contributed by atoms with van der Waals surface area (Å²) in [6.45, 7) is 4.46. The molecule has 0 fully saturated rings. The lowest BCUT2D eigenvalue weighted by Crippen LogP contribution is -2.01. The topological polar surface area (TPSA) is 54.5 Å². The van der Waals surface area contributed by atoms with Gasteiger partial charge in [-0.25, -0.2) is 0 Å². The molecule has 0 saturated carbocycles. The van der Waals surface area contributed by atoms with Crippen LogP contribution in [0.15, 0.2) is 70.8 Å². The van der Waals surface area contributed by atoms with E-state index in [-0.39, 0.29) is 0 Å². The Balaban J connectivity index is 1.88. The highest BCUT2D eigenvalue weighted by Crippen LogP contribution is 2.28. The molecular formula is C19H15BrN4S. The number of halogens is 1. The second kappa shape index (κ2) is 8.15. The zero-order valence-electron chi connectivity index (χ0n) is 13.4. The van der Waals surface area contributed by atoms with Gasteiger partial charge >= 0.3 is 0 Å². The minimum absolute atomic E-state index is 0.626. The molecule has 0 radical (unpaired) electrons. The molecule has 2 aromatic carbocycles. The highest BCUT2D eigenvalue weighted by molar-refractivity contribution is 9.10. The third kappa shape index (κ3) is 4.01. The normalized spacial score (nSPS) is 10.4. The Hall–Kier alpha value is -2.36. The first kappa shape index (κ1) is 17.5. The number of aromatic nitrogens is 3. The molecule has 25 heavy (non-hydrogen) atoms. The van der Waals surface area contributed by atoms with Crippen molar-refractivity contribution in [1.82, 2.24) is 14.8 Å². The Bertz CT molecular complexity index is 925. The number of benzene rings is 2. The van der Waals surface area contributed by atoms with Crippen molar-refractivity contribution in [3.8, 4) is 17.5 Å². The van der Waals surface area contributed by atoms with Crippen LogP contribution in [0.3, 0.4) is 0 Å². The molecule has 0 aliphatic rings. The zero-order chi connectivity index (χ0) is 17.6. The largest absolute Gasteiger partial charge is 0.298 e. The van der Waals surface area contributed by atoms with Gasteiger partial charge in [0.1, 0.15) is 0 Å². The fourth-order valence-corrected chi connectivity index (χ4v) is 3.62. The average molecular weight is 411 g/mol. The van der Waals surface area contributed by atoms with E-state index in [1.165, 1.54) is 0 Å². The molecule has 4 nitrogen and oxygen atoms in total. The SMILES string of the molecule is C=CCn1c(SCc2ccccc2C#N)nnc1-c1ccc(Br)cc1. The number of nitrogens with zero attached hydrogens (tertiary/aromatic N) is 4. The third-order valence-corrected chi connectivity index (χ3v) is 5.17. The Labute approximate surface area is 159 Å². The van der Waals surface area contributed by atoms with Crippen LogP contribution in [0.2, 0.25) is 0 Å². The standard InChI is InChI=1S/C19H15BrN4S/c1-2-11-24-18(14-7-9-17(20)10-8-14)22-23-19(24)25-13-16-6-4-3-5-15(16)12-21/h2-10H,1,11,13H2. The second-order valence-corrected chi connectivity index (χ2v) is 7.13. The Kier molecular flexibility index (Phi) is 5.69. The quantitative estimate of drug-likeness (QED) is 0.420. The summed E-state index contributed by atoms with van der Waals surface area (Å²) in [6.07, 6.45) is 1.83. The highest BCUT2D eigenvalue weighted by Gasteiger charge is 2.14.